The van der Waals surface area contributed by atoms with Gasteiger partial charge in [-0.05, 0) is 31.2 Å². The van der Waals surface area contributed by atoms with E-state index in [0.29, 0.717) is 16.3 Å². The van der Waals surface area contributed by atoms with Crippen molar-refractivity contribution in [3.05, 3.63) is 57.2 Å². The normalized spacial score (nSPS) is 12.1. The number of hydrogen-bond acceptors (Lipinski definition) is 6. The van der Waals surface area contributed by atoms with E-state index >= 15 is 0 Å². The molecule has 2 heterocycles. The standard InChI is InChI=1S/C19H18FN3O5S/c1-10(16(24)21-12-5-3-11(20)4-6-12)23-14(7-8-28-2)22-17-15(18(23)25)13(9-29-17)19(26)27/h3-6,9-10H,7-8H2,1-2H3,(H,21,24)(H,26,27). The van der Waals surface area contributed by atoms with Crippen LogP contribution >= 0.6 is 11.3 Å². The second-order valence-electron chi connectivity index (χ2n) is 6.25. The van der Waals surface area contributed by atoms with E-state index in [2.05, 4.69) is 10.3 Å². The van der Waals surface area contributed by atoms with Crippen molar-refractivity contribution in [1.29, 1.82) is 0 Å². The number of fused-ring (bicyclic) bond motifs is 1. The molecule has 1 amide bonds. The predicted octanol–water partition coefficient (Wildman–Crippen LogP) is 2.68. The first-order chi connectivity index (χ1) is 13.8. The van der Waals surface area contributed by atoms with E-state index in [1.165, 1.54) is 48.2 Å². The molecule has 3 rings (SSSR count). The molecule has 0 radical (unpaired) electrons. The molecule has 0 aliphatic rings. The minimum absolute atomic E-state index is 0.0369. The minimum Gasteiger partial charge on any atom is -0.478 e. The third-order valence-corrected chi connectivity index (χ3v) is 5.22. The Bertz CT molecular complexity index is 1120. The van der Waals surface area contributed by atoms with Crippen LogP contribution in [0.2, 0.25) is 0 Å². The molecule has 0 bridgehead atoms. The number of methoxy groups -OCH3 is 1. The molecule has 29 heavy (non-hydrogen) atoms. The van der Waals surface area contributed by atoms with E-state index in [1.54, 1.807) is 0 Å². The fourth-order valence-corrected chi connectivity index (χ4v) is 3.79. The Balaban J connectivity index is 2.06. The van der Waals surface area contributed by atoms with Gasteiger partial charge in [0.2, 0.25) is 5.91 Å². The smallest absolute Gasteiger partial charge is 0.337 e. The third kappa shape index (κ3) is 4.17. The number of nitrogens with zero attached hydrogens (tertiary/aromatic N) is 2. The van der Waals surface area contributed by atoms with Gasteiger partial charge in [-0.15, -0.1) is 11.3 Å². The van der Waals surface area contributed by atoms with Gasteiger partial charge in [0, 0.05) is 24.6 Å². The van der Waals surface area contributed by atoms with Crippen LogP contribution in [0.4, 0.5) is 10.1 Å². The van der Waals surface area contributed by atoms with Crippen molar-refractivity contribution in [2.45, 2.75) is 19.4 Å². The molecule has 1 aromatic carbocycles. The van der Waals surface area contributed by atoms with E-state index in [1.807, 2.05) is 0 Å². The van der Waals surface area contributed by atoms with Gasteiger partial charge >= 0.3 is 5.97 Å². The second-order valence-corrected chi connectivity index (χ2v) is 7.11. The van der Waals surface area contributed by atoms with Crippen LogP contribution < -0.4 is 10.9 Å². The highest BCUT2D eigenvalue weighted by Gasteiger charge is 2.25. The highest BCUT2D eigenvalue weighted by Crippen LogP contribution is 2.23. The zero-order chi connectivity index (χ0) is 21.1. The molecule has 3 aromatic rings. The number of carboxylic acid groups (broad SMARTS) is 1. The minimum atomic E-state index is -1.24. The summed E-state index contributed by atoms with van der Waals surface area (Å²) in [5, 5.41) is 13.3. The van der Waals surface area contributed by atoms with Crippen LogP contribution in [0, 0.1) is 5.82 Å². The van der Waals surface area contributed by atoms with Crippen LogP contribution in [0.25, 0.3) is 10.2 Å². The molecule has 8 nitrogen and oxygen atoms in total. The fraction of sp³-hybridized carbons (Fsp3) is 0.263. The molecule has 0 aliphatic carbocycles. The van der Waals surface area contributed by atoms with Crippen LogP contribution in [0.1, 0.15) is 29.1 Å². The lowest BCUT2D eigenvalue weighted by Gasteiger charge is -2.19. The van der Waals surface area contributed by atoms with Gasteiger partial charge in [-0.2, -0.15) is 0 Å². The van der Waals surface area contributed by atoms with Crippen molar-refractivity contribution >= 4 is 39.1 Å². The number of aromatic nitrogens is 2. The number of rotatable bonds is 7. The number of halogens is 1. The number of nitrogens with one attached hydrogen (secondary N) is 1. The Labute approximate surface area is 168 Å². The zero-order valence-corrected chi connectivity index (χ0v) is 16.5. The largest absolute Gasteiger partial charge is 0.478 e. The molecule has 0 spiro atoms. The van der Waals surface area contributed by atoms with Crippen molar-refractivity contribution in [2.75, 3.05) is 19.0 Å². The van der Waals surface area contributed by atoms with Gasteiger partial charge in [0.25, 0.3) is 5.56 Å². The maximum absolute atomic E-state index is 13.1. The van der Waals surface area contributed by atoms with Crippen molar-refractivity contribution in [3.8, 4) is 0 Å². The van der Waals surface area contributed by atoms with Crippen LogP contribution in [0.3, 0.4) is 0 Å². The van der Waals surface area contributed by atoms with Crippen LogP contribution in [-0.2, 0) is 16.0 Å². The number of thiophene rings is 1. The predicted molar refractivity (Wildman–Crippen MR) is 106 cm³/mol. The summed E-state index contributed by atoms with van der Waals surface area (Å²) in [7, 11) is 1.50. The summed E-state index contributed by atoms with van der Waals surface area (Å²) in [4.78, 5) is 42.0. The van der Waals surface area contributed by atoms with E-state index in [0.717, 1.165) is 11.3 Å². The van der Waals surface area contributed by atoms with Gasteiger partial charge < -0.3 is 15.2 Å². The zero-order valence-electron chi connectivity index (χ0n) is 15.6. The van der Waals surface area contributed by atoms with Gasteiger partial charge in [-0.1, -0.05) is 0 Å². The van der Waals surface area contributed by atoms with E-state index < -0.39 is 29.3 Å². The average Bonchev–Trinajstić information content (AvgIpc) is 3.12. The van der Waals surface area contributed by atoms with Gasteiger partial charge in [0.15, 0.2) is 0 Å². The lowest BCUT2D eigenvalue weighted by atomic mass is 10.2. The number of anilines is 1. The Morgan fingerprint density at radius 2 is 2.03 bits per heavy atom. The first-order valence-corrected chi connectivity index (χ1v) is 9.52. The summed E-state index contributed by atoms with van der Waals surface area (Å²) in [5.74, 6) is -1.90. The Morgan fingerprint density at radius 3 is 2.66 bits per heavy atom. The molecule has 1 atom stereocenters. The molecule has 2 N–H and O–H groups in total. The summed E-state index contributed by atoms with van der Waals surface area (Å²) in [6.45, 7) is 1.78. The Hall–Kier alpha value is -3.11. The summed E-state index contributed by atoms with van der Waals surface area (Å²) in [6.07, 6.45) is 0.260. The van der Waals surface area contributed by atoms with E-state index in [9.17, 15) is 23.9 Å². The lowest BCUT2D eigenvalue weighted by molar-refractivity contribution is -0.119. The fourth-order valence-electron chi connectivity index (χ4n) is 2.87. The van der Waals surface area contributed by atoms with Gasteiger partial charge in [-0.25, -0.2) is 14.2 Å². The molecule has 0 saturated carbocycles. The number of hydrogen-bond donors (Lipinski definition) is 2. The summed E-state index contributed by atoms with van der Waals surface area (Å²) >= 11 is 1.05. The Kier molecular flexibility index (Phi) is 6.04. The molecule has 152 valence electrons. The van der Waals surface area contributed by atoms with E-state index in [-0.39, 0.29) is 24.0 Å². The SMILES string of the molecule is COCCc1nc2scc(C(=O)O)c2c(=O)n1C(C)C(=O)Nc1ccc(F)cc1. The molecular formula is C19H18FN3O5S. The average molecular weight is 419 g/mol. The number of carbonyl (C=O) groups excluding carboxylic acids is 1. The topological polar surface area (TPSA) is 111 Å². The number of amides is 1. The first-order valence-electron chi connectivity index (χ1n) is 8.64. The number of carboxylic acids is 1. The first kappa shape index (κ1) is 20.6. The molecule has 2 aromatic heterocycles. The number of ether oxygens (including phenoxy) is 1. The lowest BCUT2D eigenvalue weighted by Crippen LogP contribution is -2.35. The second kappa shape index (κ2) is 8.50. The van der Waals surface area contributed by atoms with Gasteiger partial charge in [0.1, 0.15) is 22.5 Å². The number of aromatic carboxylic acids is 1. The maximum Gasteiger partial charge on any atom is 0.337 e. The number of benzene rings is 1. The molecule has 0 fully saturated rings. The third-order valence-electron chi connectivity index (χ3n) is 4.35. The van der Waals surface area contributed by atoms with Crippen molar-refractivity contribution in [3.63, 3.8) is 0 Å². The van der Waals surface area contributed by atoms with Gasteiger partial charge in [0.05, 0.1) is 17.6 Å². The molecular weight excluding hydrogens is 401 g/mol. The van der Waals surface area contributed by atoms with Gasteiger partial charge in [-0.3, -0.25) is 14.2 Å². The quantitative estimate of drug-likeness (QED) is 0.609. The van der Waals surface area contributed by atoms with Crippen molar-refractivity contribution < 1.29 is 23.8 Å². The Morgan fingerprint density at radius 1 is 1.34 bits per heavy atom. The summed E-state index contributed by atoms with van der Waals surface area (Å²) in [5.41, 5.74) is -0.396. The molecule has 10 heteroatoms. The molecule has 1 unspecified atom stereocenters. The van der Waals surface area contributed by atoms with Crippen LogP contribution in [0.15, 0.2) is 34.4 Å². The molecule has 0 aliphatic heterocycles. The summed E-state index contributed by atoms with van der Waals surface area (Å²) < 4.78 is 19.3. The number of carbonyl (C=O) groups is 2. The van der Waals surface area contributed by atoms with Crippen LogP contribution in [0.5, 0.6) is 0 Å². The van der Waals surface area contributed by atoms with E-state index in [4.69, 9.17) is 4.74 Å². The maximum atomic E-state index is 13.1. The van der Waals surface area contributed by atoms with Crippen molar-refractivity contribution in [2.24, 2.45) is 0 Å². The highest BCUT2D eigenvalue weighted by atomic mass is 32.1. The molecule has 0 saturated heterocycles. The van der Waals surface area contributed by atoms with Crippen molar-refractivity contribution in [1.82, 2.24) is 9.55 Å². The monoisotopic (exact) mass is 419 g/mol. The highest BCUT2D eigenvalue weighted by molar-refractivity contribution is 7.17. The summed E-state index contributed by atoms with van der Waals surface area (Å²) in [6, 6.07) is 4.22. The van der Waals surface area contributed by atoms with Crippen LogP contribution in [-0.4, -0.2) is 40.3 Å².